The van der Waals surface area contributed by atoms with Crippen molar-refractivity contribution in [1.82, 2.24) is 0 Å². The van der Waals surface area contributed by atoms with Crippen LogP contribution in [0.4, 0.5) is 0 Å². The molecular formula is C11H13BrO6S. The third-order valence-corrected chi connectivity index (χ3v) is 4.63. The summed E-state index contributed by atoms with van der Waals surface area (Å²) < 4.78 is 29.1. The van der Waals surface area contributed by atoms with Gasteiger partial charge >= 0.3 is 5.97 Å². The molecule has 0 aliphatic rings. The Bertz CT molecular complexity index is 554. The van der Waals surface area contributed by atoms with Crippen molar-refractivity contribution in [2.24, 2.45) is 0 Å². The minimum atomic E-state index is -3.60. The van der Waals surface area contributed by atoms with Crippen molar-refractivity contribution in [3.05, 3.63) is 28.2 Å². The number of benzene rings is 1. The van der Waals surface area contributed by atoms with E-state index in [2.05, 4.69) is 15.9 Å². The van der Waals surface area contributed by atoms with Crippen LogP contribution >= 0.6 is 15.9 Å². The van der Waals surface area contributed by atoms with Gasteiger partial charge in [0.25, 0.3) is 0 Å². The second-order valence-electron chi connectivity index (χ2n) is 3.60. The molecule has 0 bridgehead atoms. The Morgan fingerprint density at radius 1 is 1.32 bits per heavy atom. The summed E-state index contributed by atoms with van der Waals surface area (Å²) in [6, 6.07) is 3.82. The molecule has 0 aromatic heterocycles. The molecule has 1 rings (SSSR count). The Morgan fingerprint density at radius 3 is 2.58 bits per heavy atom. The average Bonchev–Trinajstić information content (AvgIpc) is 2.34. The first-order valence-corrected chi connectivity index (χ1v) is 7.77. The minimum Gasteiger partial charge on any atom is -0.478 e. The molecule has 1 aromatic rings. The number of aliphatic hydroxyl groups is 1. The van der Waals surface area contributed by atoms with Crippen LogP contribution in [-0.2, 0) is 14.6 Å². The number of hydrogen-bond acceptors (Lipinski definition) is 5. The predicted molar refractivity (Wildman–Crippen MR) is 71.1 cm³/mol. The fraction of sp³-hybridized carbons (Fsp3) is 0.364. The van der Waals surface area contributed by atoms with Crippen LogP contribution < -0.4 is 0 Å². The van der Waals surface area contributed by atoms with E-state index in [-0.39, 0.29) is 36.0 Å². The Labute approximate surface area is 119 Å². The summed E-state index contributed by atoms with van der Waals surface area (Å²) >= 11 is 3.04. The van der Waals surface area contributed by atoms with Crippen molar-refractivity contribution in [1.29, 1.82) is 0 Å². The average molecular weight is 353 g/mol. The maximum atomic E-state index is 11.9. The van der Waals surface area contributed by atoms with E-state index in [1.54, 1.807) is 0 Å². The van der Waals surface area contributed by atoms with Crippen molar-refractivity contribution in [2.45, 2.75) is 4.90 Å². The van der Waals surface area contributed by atoms with Gasteiger partial charge in [0.1, 0.15) is 0 Å². The maximum absolute atomic E-state index is 11.9. The van der Waals surface area contributed by atoms with Crippen LogP contribution in [0.2, 0.25) is 0 Å². The van der Waals surface area contributed by atoms with E-state index in [0.29, 0.717) is 4.47 Å². The molecular weight excluding hydrogens is 340 g/mol. The van der Waals surface area contributed by atoms with Gasteiger partial charge in [0.2, 0.25) is 0 Å². The highest BCUT2D eigenvalue weighted by Gasteiger charge is 2.18. The fourth-order valence-corrected chi connectivity index (χ4v) is 2.88. The molecule has 0 heterocycles. The second-order valence-corrected chi connectivity index (χ2v) is 6.57. The number of halogens is 1. The third kappa shape index (κ3) is 4.57. The molecule has 19 heavy (non-hydrogen) atoms. The largest absolute Gasteiger partial charge is 0.478 e. The Balaban J connectivity index is 2.89. The van der Waals surface area contributed by atoms with Gasteiger partial charge in [-0.05, 0) is 34.1 Å². The van der Waals surface area contributed by atoms with Gasteiger partial charge < -0.3 is 14.9 Å². The predicted octanol–water partition coefficient (Wildman–Crippen LogP) is 0.930. The second kappa shape index (κ2) is 6.99. The van der Waals surface area contributed by atoms with E-state index in [1.807, 2.05) is 0 Å². The van der Waals surface area contributed by atoms with Crippen LogP contribution in [-0.4, -0.2) is 50.2 Å². The Kier molecular flexibility index (Phi) is 5.92. The van der Waals surface area contributed by atoms with E-state index in [9.17, 15) is 13.2 Å². The van der Waals surface area contributed by atoms with E-state index >= 15 is 0 Å². The topological polar surface area (TPSA) is 101 Å². The molecule has 1 aromatic carbocycles. The molecule has 0 unspecified atom stereocenters. The molecule has 6 nitrogen and oxygen atoms in total. The number of aromatic carboxylic acids is 1. The molecule has 8 heteroatoms. The lowest BCUT2D eigenvalue weighted by Crippen LogP contribution is -2.14. The molecule has 0 spiro atoms. The molecule has 0 saturated heterocycles. The normalized spacial score (nSPS) is 11.5. The zero-order valence-electron chi connectivity index (χ0n) is 9.87. The van der Waals surface area contributed by atoms with E-state index in [0.717, 1.165) is 6.07 Å². The van der Waals surface area contributed by atoms with Crippen LogP contribution in [0.15, 0.2) is 27.6 Å². The van der Waals surface area contributed by atoms with Gasteiger partial charge in [0.15, 0.2) is 9.84 Å². The first kappa shape index (κ1) is 16.1. The summed E-state index contributed by atoms with van der Waals surface area (Å²) in [6.45, 7) is -0.168. The van der Waals surface area contributed by atoms with Crippen LogP contribution in [0.3, 0.4) is 0 Å². The van der Waals surface area contributed by atoms with Gasteiger partial charge in [-0.2, -0.15) is 0 Å². The van der Waals surface area contributed by atoms with Gasteiger partial charge in [-0.3, -0.25) is 0 Å². The molecule has 106 valence electrons. The first-order valence-electron chi connectivity index (χ1n) is 5.32. The highest BCUT2D eigenvalue weighted by Crippen LogP contribution is 2.21. The number of ether oxygens (including phenoxy) is 1. The van der Waals surface area contributed by atoms with Gasteiger partial charge in [-0.25, -0.2) is 13.2 Å². The van der Waals surface area contributed by atoms with Crippen LogP contribution in [0, 0.1) is 0 Å². The smallest absolute Gasteiger partial charge is 0.336 e. The van der Waals surface area contributed by atoms with Crippen molar-refractivity contribution in [3.8, 4) is 0 Å². The van der Waals surface area contributed by atoms with Crippen molar-refractivity contribution < 1.29 is 28.2 Å². The summed E-state index contributed by atoms with van der Waals surface area (Å²) in [6.07, 6.45) is 0. The molecule has 0 atom stereocenters. The van der Waals surface area contributed by atoms with E-state index in [1.165, 1.54) is 12.1 Å². The summed E-state index contributed by atoms with van der Waals surface area (Å²) in [7, 11) is -3.60. The molecule has 0 fully saturated rings. The highest BCUT2D eigenvalue weighted by molar-refractivity contribution is 9.10. The lowest BCUT2D eigenvalue weighted by molar-refractivity contribution is 0.0695. The number of carbonyl (C=O) groups is 1. The number of rotatable bonds is 7. The summed E-state index contributed by atoms with van der Waals surface area (Å²) in [5.41, 5.74) is -0.114. The quantitative estimate of drug-likeness (QED) is 0.708. The number of aliphatic hydroxyl groups excluding tert-OH is 1. The van der Waals surface area contributed by atoms with Crippen LogP contribution in [0.1, 0.15) is 10.4 Å². The Morgan fingerprint density at radius 2 is 2.00 bits per heavy atom. The van der Waals surface area contributed by atoms with E-state index in [4.69, 9.17) is 14.9 Å². The number of sulfone groups is 1. The maximum Gasteiger partial charge on any atom is 0.336 e. The number of carboxylic acid groups (broad SMARTS) is 1. The summed E-state index contributed by atoms with van der Waals surface area (Å²) in [5.74, 6) is -1.48. The molecule has 0 aliphatic heterocycles. The monoisotopic (exact) mass is 352 g/mol. The highest BCUT2D eigenvalue weighted by atomic mass is 79.9. The fourth-order valence-electron chi connectivity index (χ4n) is 1.31. The van der Waals surface area contributed by atoms with Crippen molar-refractivity contribution in [2.75, 3.05) is 25.6 Å². The molecule has 0 aliphatic carbocycles. The van der Waals surface area contributed by atoms with Crippen molar-refractivity contribution in [3.63, 3.8) is 0 Å². The molecule has 2 N–H and O–H groups in total. The Hall–Kier alpha value is -0.960. The lowest BCUT2D eigenvalue weighted by Gasteiger charge is -2.07. The first-order chi connectivity index (χ1) is 8.88. The van der Waals surface area contributed by atoms with Crippen LogP contribution in [0.5, 0.6) is 0 Å². The zero-order chi connectivity index (χ0) is 14.5. The molecule has 0 saturated carbocycles. The van der Waals surface area contributed by atoms with Crippen molar-refractivity contribution >= 4 is 31.7 Å². The third-order valence-electron chi connectivity index (χ3n) is 2.26. The van der Waals surface area contributed by atoms with Gasteiger partial charge in [-0.15, -0.1) is 0 Å². The van der Waals surface area contributed by atoms with Crippen LogP contribution in [0.25, 0.3) is 0 Å². The van der Waals surface area contributed by atoms with Gasteiger partial charge in [0.05, 0.1) is 36.0 Å². The minimum absolute atomic E-state index is 0.0542. The van der Waals surface area contributed by atoms with Gasteiger partial charge in [0, 0.05) is 4.47 Å². The molecule has 0 amide bonds. The number of hydrogen-bond donors (Lipinski definition) is 2. The SMILES string of the molecule is O=C(O)c1cc(S(=O)(=O)CCOCCO)ccc1Br. The standard InChI is InChI=1S/C11H13BrO6S/c12-10-2-1-8(7-9(10)11(14)15)19(16,17)6-5-18-4-3-13/h1-2,7,13H,3-6H2,(H,14,15). The molecule has 0 radical (unpaired) electrons. The van der Waals surface area contributed by atoms with Gasteiger partial charge in [-0.1, -0.05) is 0 Å². The summed E-state index contributed by atoms with van der Waals surface area (Å²) in [4.78, 5) is 10.9. The lowest BCUT2D eigenvalue weighted by atomic mass is 10.2. The zero-order valence-corrected chi connectivity index (χ0v) is 12.3. The number of carboxylic acids is 1. The summed E-state index contributed by atoms with van der Waals surface area (Å²) in [5, 5.41) is 17.4. The van der Waals surface area contributed by atoms with E-state index < -0.39 is 15.8 Å².